The third kappa shape index (κ3) is 11.2. The van der Waals surface area contributed by atoms with E-state index in [0.29, 0.717) is 0 Å². The van der Waals surface area contributed by atoms with Crippen molar-refractivity contribution in [1.29, 1.82) is 0 Å². The second-order valence-corrected chi connectivity index (χ2v) is 2.94. The molecule has 0 heterocycles. The van der Waals surface area contributed by atoms with Crippen molar-refractivity contribution in [2.75, 3.05) is 0 Å². The fourth-order valence-corrected chi connectivity index (χ4v) is 0.944. The van der Waals surface area contributed by atoms with Crippen LogP contribution in [0.4, 0.5) is 0 Å². The van der Waals surface area contributed by atoms with Crippen LogP contribution in [-0.4, -0.2) is 0 Å². The van der Waals surface area contributed by atoms with Gasteiger partial charge in [-0.05, 0) is 32.1 Å². The summed E-state index contributed by atoms with van der Waals surface area (Å²) >= 11 is 0. The van der Waals surface area contributed by atoms with Crippen molar-refractivity contribution in [3.05, 3.63) is 43.4 Å². The van der Waals surface area contributed by atoms with Crippen LogP contribution in [-0.2, 0) is 0 Å². The van der Waals surface area contributed by atoms with Gasteiger partial charge in [-0.2, -0.15) is 0 Å². The molecule has 0 heteroatoms. The van der Waals surface area contributed by atoms with E-state index in [0.717, 1.165) is 32.1 Å². The summed E-state index contributed by atoms with van der Waals surface area (Å²) in [6.45, 7) is 5.93. The van der Waals surface area contributed by atoms with E-state index in [2.05, 4.69) is 50.3 Å². The van der Waals surface area contributed by atoms with Crippen molar-refractivity contribution in [3.8, 4) is 0 Å². The molecule has 0 aliphatic rings. The van der Waals surface area contributed by atoms with Crippen molar-refractivity contribution < 1.29 is 0 Å². The molecule has 0 fully saturated rings. The summed E-state index contributed by atoms with van der Waals surface area (Å²) in [5.41, 5.74) is 0. The van der Waals surface area contributed by atoms with Crippen LogP contribution in [0.5, 0.6) is 0 Å². The minimum atomic E-state index is 0.999. The van der Waals surface area contributed by atoms with Gasteiger partial charge >= 0.3 is 0 Å². The van der Waals surface area contributed by atoms with Gasteiger partial charge in [0.1, 0.15) is 0 Å². The molecule has 0 amide bonds. The van der Waals surface area contributed by atoms with E-state index in [4.69, 9.17) is 0 Å². The van der Waals surface area contributed by atoms with Gasteiger partial charge in [0.05, 0.1) is 0 Å². The lowest BCUT2D eigenvalue weighted by Crippen LogP contribution is -1.63. The van der Waals surface area contributed by atoms with E-state index in [1.165, 1.54) is 0 Å². The molecule has 0 aliphatic carbocycles. The van der Waals surface area contributed by atoms with Crippen LogP contribution in [0.15, 0.2) is 36.5 Å². The minimum absolute atomic E-state index is 0.999. The topological polar surface area (TPSA) is 0 Å². The van der Waals surface area contributed by atoms with Crippen molar-refractivity contribution in [2.24, 2.45) is 0 Å². The first kappa shape index (κ1) is 12.2. The van der Waals surface area contributed by atoms with Gasteiger partial charge in [-0.15, -0.1) is 0 Å². The Labute approximate surface area is 83.0 Å². The smallest absolute Gasteiger partial charge is 0.0169 e. The number of allylic oxidation sites excluding steroid dienone is 6. The van der Waals surface area contributed by atoms with E-state index in [1.807, 2.05) is 0 Å². The molecule has 0 unspecified atom stereocenters. The number of hydrogen-bond donors (Lipinski definition) is 0. The highest BCUT2D eigenvalue weighted by atomic mass is 13.8. The first-order chi connectivity index (χ1) is 6.41. The Morgan fingerprint density at radius 1 is 0.846 bits per heavy atom. The Kier molecular flexibility index (Phi) is 10.5. The predicted molar refractivity (Wildman–Crippen MR) is 61.5 cm³/mol. The molecule has 0 atom stereocenters. The van der Waals surface area contributed by atoms with E-state index >= 15 is 0 Å². The molecule has 0 aromatic carbocycles. The summed E-state index contributed by atoms with van der Waals surface area (Å²) < 4.78 is 0. The zero-order valence-corrected chi connectivity index (χ0v) is 8.71. The molecule has 0 saturated carbocycles. The molecular formula is C13H21. The van der Waals surface area contributed by atoms with Gasteiger partial charge in [0, 0.05) is 0 Å². The Morgan fingerprint density at radius 2 is 1.38 bits per heavy atom. The van der Waals surface area contributed by atoms with Crippen LogP contribution in [0.2, 0.25) is 0 Å². The van der Waals surface area contributed by atoms with Gasteiger partial charge < -0.3 is 0 Å². The fraction of sp³-hybridized carbons (Fsp3) is 0.462. The Morgan fingerprint density at radius 3 is 1.92 bits per heavy atom. The average molecular weight is 177 g/mol. The molecule has 0 aromatic heterocycles. The summed E-state index contributed by atoms with van der Waals surface area (Å²) in [7, 11) is 0. The second kappa shape index (κ2) is 11.2. The first-order valence-corrected chi connectivity index (χ1v) is 5.16. The molecule has 0 N–H and O–H groups in total. The van der Waals surface area contributed by atoms with E-state index in [1.54, 1.807) is 0 Å². The zero-order valence-electron chi connectivity index (χ0n) is 8.71. The van der Waals surface area contributed by atoms with Crippen molar-refractivity contribution >= 4 is 0 Å². The highest BCUT2D eigenvalue weighted by Crippen LogP contribution is 1.94. The van der Waals surface area contributed by atoms with Gasteiger partial charge in [-0.25, -0.2) is 0 Å². The molecule has 0 nitrogen and oxygen atoms in total. The van der Waals surface area contributed by atoms with E-state index < -0.39 is 0 Å². The summed E-state index contributed by atoms with van der Waals surface area (Å²) in [5.74, 6) is 0. The molecule has 0 spiro atoms. The highest BCUT2D eigenvalue weighted by molar-refractivity contribution is 4.96. The van der Waals surface area contributed by atoms with Crippen molar-refractivity contribution in [3.63, 3.8) is 0 Å². The maximum atomic E-state index is 3.77. The summed E-state index contributed by atoms with van der Waals surface area (Å²) in [5, 5.41) is 0. The van der Waals surface area contributed by atoms with Gasteiger partial charge in [0.25, 0.3) is 0 Å². The predicted octanol–water partition coefficient (Wildman–Crippen LogP) is 4.46. The quantitative estimate of drug-likeness (QED) is 0.504. The normalized spacial score (nSPS) is 12.5. The maximum absolute atomic E-state index is 3.77. The Bertz CT molecular complexity index is 161. The molecule has 73 valence electrons. The lowest BCUT2D eigenvalue weighted by molar-refractivity contribution is 1.04. The number of rotatable bonds is 7. The lowest BCUT2D eigenvalue weighted by atomic mass is 10.2. The minimum Gasteiger partial charge on any atom is -0.0885 e. The van der Waals surface area contributed by atoms with Gasteiger partial charge in [-0.3, -0.25) is 0 Å². The third-order valence-corrected chi connectivity index (χ3v) is 1.65. The number of hydrogen-bond acceptors (Lipinski definition) is 0. The van der Waals surface area contributed by atoms with E-state index in [-0.39, 0.29) is 0 Å². The molecular weight excluding hydrogens is 156 g/mol. The first-order valence-electron chi connectivity index (χ1n) is 5.16. The molecule has 0 rings (SSSR count). The van der Waals surface area contributed by atoms with Crippen LogP contribution < -0.4 is 0 Å². The molecule has 1 radical (unpaired) electrons. The maximum Gasteiger partial charge on any atom is -0.0169 e. The largest absolute Gasteiger partial charge is 0.0885 e. The summed E-state index contributed by atoms with van der Waals surface area (Å²) in [6.07, 6.45) is 18.6. The molecule has 0 aromatic rings. The van der Waals surface area contributed by atoms with Crippen LogP contribution in [0.25, 0.3) is 0 Å². The monoisotopic (exact) mass is 177 g/mol. The molecule has 0 bridgehead atoms. The highest BCUT2D eigenvalue weighted by Gasteiger charge is 1.73. The van der Waals surface area contributed by atoms with Crippen molar-refractivity contribution in [2.45, 2.75) is 39.0 Å². The average Bonchev–Trinajstić information content (AvgIpc) is 2.16. The SMILES string of the molecule is [CH2]CC/C=C/C/C=C\C/C=C\CC. The summed E-state index contributed by atoms with van der Waals surface area (Å²) in [4.78, 5) is 0. The second-order valence-electron chi connectivity index (χ2n) is 2.94. The van der Waals surface area contributed by atoms with Gasteiger partial charge in [0.15, 0.2) is 0 Å². The molecule has 0 aliphatic heterocycles. The van der Waals surface area contributed by atoms with Crippen LogP contribution in [0, 0.1) is 6.92 Å². The van der Waals surface area contributed by atoms with Crippen LogP contribution >= 0.6 is 0 Å². The molecule has 0 saturated heterocycles. The third-order valence-electron chi connectivity index (χ3n) is 1.65. The van der Waals surface area contributed by atoms with Gasteiger partial charge in [0.2, 0.25) is 0 Å². The Balaban J connectivity index is 3.26. The number of unbranched alkanes of at least 4 members (excludes halogenated alkanes) is 1. The standard InChI is InChI=1S/C13H21/c1-3-5-7-9-11-13-12-10-8-6-4-2/h6-9,12-13H,1,3-5,10-11H2,2H3/b8-6-,9-7+,13-12-. The Hall–Kier alpha value is -0.780. The zero-order chi connectivity index (χ0) is 9.78. The van der Waals surface area contributed by atoms with Crippen LogP contribution in [0.1, 0.15) is 39.0 Å². The van der Waals surface area contributed by atoms with Crippen molar-refractivity contribution in [1.82, 2.24) is 0 Å². The van der Waals surface area contributed by atoms with E-state index in [9.17, 15) is 0 Å². The fourth-order valence-electron chi connectivity index (χ4n) is 0.944. The lowest BCUT2D eigenvalue weighted by Gasteiger charge is -1.84. The van der Waals surface area contributed by atoms with Gasteiger partial charge in [-0.1, -0.05) is 50.3 Å². The summed E-state index contributed by atoms with van der Waals surface area (Å²) in [6, 6.07) is 0. The van der Waals surface area contributed by atoms with Crippen LogP contribution in [0.3, 0.4) is 0 Å². The molecule has 13 heavy (non-hydrogen) atoms.